The van der Waals surface area contributed by atoms with E-state index in [4.69, 9.17) is 27.9 Å². The molecule has 1 amide bonds. The van der Waals surface area contributed by atoms with Crippen LogP contribution in [0.15, 0.2) is 23.6 Å². The number of aromatic nitrogens is 1. The van der Waals surface area contributed by atoms with Crippen molar-refractivity contribution in [3.8, 4) is 0 Å². The molecule has 5 nitrogen and oxygen atoms in total. The minimum Gasteiger partial charge on any atom is -0.383 e. The van der Waals surface area contributed by atoms with Gasteiger partial charge in [0, 0.05) is 32.1 Å². The third kappa shape index (κ3) is 6.37. The highest BCUT2D eigenvalue weighted by atomic mass is 35.5. The fourth-order valence-electron chi connectivity index (χ4n) is 1.95. The molecule has 130 valence electrons. The van der Waals surface area contributed by atoms with Gasteiger partial charge >= 0.3 is 0 Å². The van der Waals surface area contributed by atoms with E-state index in [9.17, 15) is 4.79 Å². The third-order valence-corrected chi connectivity index (χ3v) is 4.81. The molecule has 8 heteroatoms. The lowest BCUT2D eigenvalue weighted by atomic mass is 10.2. The number of carbonyl (C=O) groups excluding carboxylic acids is 1. The summed E-state index contributed by atoms with van der Waals surface area (Å²) < 4.78 is 4.97. The Morgan fingerprint density at radius 2 is 2.12 bits per heavy atom. The molecular weight excluding hydrogens is 369 g/mol. The first-order valence-electron chi connectivity index (χ1n) is 7.42. The molecule has 0 atom stereocenters. The molecule has 2 aromatic rings. The average molecular weight is 388 g/mol. The smallest absolute Gasteiger partial charge is 0.227 e. The molecule has 0 radical (unpaired) electrons. The highest BCUT2D eigenvalue weighted by Gasteiger charge is 2.08. The second-order valence-corrected chi connectivity index (χ2v) is 6.86. The maximum absolute atomic E-state index is 12.0. The molecule has 2 rings (SSSR count). The zero-order valence-electron chi connectivity index (χ0n) is 13.3. The van der Waals surface area contributed by atoms with E-state index in [-0.39, 0.29) is 12.3 Å². The van der Waals surface area contributed by atoms with Crippen LogP contribution in [0.3, 0.4) is 0 Å². The molecule has 24 heavy (non-hydrogen) atoms. The van der Waals surface area contributed by atoms with Gasteiger partial charge in [0.05, 0.1) is 28.8 Å². The Morgan fingerprint density at radius 3 is 2.88 bits per heavy atom. The van der Waals surface area contributed by atoms with Gasteiger partial charge < -0.3 is 15.4 Å². The number of hydrogen-bond donors (Lipinski definition) is 2. The summed E-state index contributed by atoms with van der Waals surface area (Å²) in [6, 6.07) is 5.30. The second kappa shape index (κ2) is 9.96. The van der Waals surface area contributed by atoms with E-state index in [0.29, 0.717) is 29.7 Å². The predicted octanol–water partition coefficient (Wildman–Crippen LogP) is 3.04. The van der Waals surface area contributed by atoms with E-state index in [2.05, 4.69) is 15.6 Å². The molecule has 1 aromatic heterocycles. The Balaban J connectivity index is 1.75. The number of ether oxygens (including phenoxy) is 1. The number of thiazole rings is 1. The fraction of sp³-hybridized carbons (Fsp3) is 0.375. The van der Waals surface area contributed by atoms with E-state index in [0.717, 1.165) is 22.8 Å². The van der Waals surface area contributed by atoms with Crippen molar-refractivity contribution in [1.29, 1.82) is 0 Å². The van der Waals surface area contributed by atoms with Crippen LogP contribution in [-0.2, 0) is 29.0 Å². The molecule has 1 aromatic carbocycles. The Morgan fingerprint density at radius 1 is 1.29 bits per heavy atom. The van der Waals surface area contributed by atoms with Gasteiger partial charge in [0.2, 0.25) is 5.91 Å². The summed E-state index contributed by atoms with van der Waals surface area (Å²) >= 11 is 13.3. The SMILES string of the molecule is COCCNCc1csc(CC(=O)NCc2ccc(Cl)c(Cl)c2)n1. The molecule has 0 bridgehead atoms. The monoisotopic (exact) mass is 387 g/mol. The largest absolute Gasteiger partial charge is 0.383 e. The van der Waals surface area contributed by atoms with Gasteiger partial charge in [-0.1, -0.05) is 29.3 Å². The number of rotatable bonds is 9. The van der Waals surface area contributed by atoms with Gasteiger partial charge in [-0.25, -0.2) is 4.98 Å². The molecule has 1 heterocycles. The summed E-state index contributed by atoms with van der Waals surface area (Å²) in [6.45, 7) is 2.51. The van der Waals surface area contributed by atoms with Crippen molar-refractivity contribution in [3.63, 3.8) is 0 Å². The maximum Gasteiger partial charge on any atom is 0.227 e. The quantitative estimate of drug-likeness (QED) is 0.649. The molecular formula is C16H19Cl2N3O2S. The lowest BCUT2D eigenvalue weighted by Crippen LogP contribution is -2.24. The van der Waals surface area contributed by atoms with E-state index >= 15 is 0 Å². The van der Waals surface area contributed by atoms with Crippen molar-refractivity contribution in [2.24, 2.45) is 0 Å². The highest BCUT2D eigenvalue weighted by molar-refractivity contribution is 7.09. The average Bonchev–Trinajstić information content (AvgIpc) is 3.00. The van der Waals surface area contributed by atoms with Crippen LogP contribution in [0.2, 0.25) is 10.0 Å². The maximum atomic E-state index is 12.0. The molecule has 0 aliphatic rings. The number of hydrogen-bond acceptors (Lipinski definition) is 5. The molecule has 0 unspecified atom stereocenters. The zero-order chi connectivity index (χ0) is 17.4. The normalized spacial score (nSPS) is 10.8. The van der Waals surface area contributed by atoms with Gasteiger partial charge in [0.15, 0.2) is 0 Å². The van der Waals surface area contributed by atoms with Crippen molar-refractivity contribution in [2.75, 3.05) is 20.3 Å². The number of nitrogens with zero attached hydrogens (tertiary/aromatic N) is 1. The van der Waals surface area contributed by atoms with E-state index in [1.54, 1.807) is 19.2 Å². The minimum atomic E-state index is -0.0747. The molecule has 0 aliphatic heterocycles. The summed E-state index contributed by atoms with van der Waals surface area (Å²) in [5.41, 5.74) is 1.84. The Bertz CT molecular complexity index is 679. The molecule has 0 aliphatic carbocycles. The lowest BCUT2D eigenvalue weighted by molar-refractivity contribution is -0.120. The van der Waals surface area contributed by atoms with Crippen LogP contribution < -0.4 is 10.6 Å². The molecule has 0 saturated carbocycles. The van der Waals surface area contributed by atoms with E-state index in [1.165, 1.54) is 11.3 Å². The van der Waals surface area contributed by atoms with E-state index < -0.39 is 0 Å². The fourth-order valence-corrected chi connectivity index (χ4v) is 3.07. The number of benzene rings is 1. The molecule has 2 N–H and O–H groups in total. The van der Waals surface area contributed by atoms with Crippen molar-refractivity contribution in [2.45, 2.75) is 19.5 Å². The second-order valence-electron chi connectivity index (χ2n) is 5.10. The Labute approximate surface area is 155 Å². The van der Waals surface area contributed by atoms with Crippen molar-refractivity contribution < 1.29 is 9.53 Å². The number of halogens is 2. The molecule has 0 saturated heterocycles. The van der Waals surface area contributed by atoms with Crippen LogP contribution in [0.4, 0.5) is 0 Å². The third-order valence-electron chi connectivity index (χ3n) is 3.17. The van der Waals surface area contributed by atoms with Gasteiger partial charge in [0.25, 0.3) is 0 Å². The van der Waals surface area contributed by atoms with Crippen LogP contribution >= 0.6 is 34.5 Å². The van der Waals surface area contributed by atoms with Gasteiger partial charge in [-0.3, -0.25) is 4.79 Å². The first kappa shape index (κ1) is 19.1. The summed E-state index contributed by atoms with van der Waals surface area (Å²) in [7, 11) is 1.67. The van der Waals surface area contributed by atoms with Crippen LogP contribution in [0.5, 0.6) is 0 Å². The highest BCUT2D eigenvalue weighted by Crippen LogP contribution is 2.22. The number of nitrogens with one attached hydrogen (secondary N) is 2. The Hall–Kier alpha value is -1.18. The van der Waals surface area contributed by atoms with Gasteiger partial charge in [-0.05, 0) is 17.7 Å². The first-order valence-corrected chi connectivity index (χ1v) is 9.05. The van der Waals surface area contributed by atoms with E-state index in [1.807, 2.05) is 11.4 Å². The summed E-state index contributed by atoms with van der Waals surface area (Å²) in [5.74, 6) is -0.0747. The predicted molar refractivity (Wildman–Crippen MR) is 97.7 cm³/mol. The van der Waals surface area contributed by atoms with Crippen LogP contribution in [-0.4, -0.2) is 31.2 Å². The molecule has 0 fully saturated rings. The van der Waals surface area contributed by atoms with Gasteiger partial charge in [0.1, 0.15) is 5.01 Å². The van der Waals surface area contributed by atoms with Crippen molar-refractivity contribution in [1.82, 2.24) is 15.6 Å². The topological polar surface area (TPSA) is 63.2 Å². The lowest BCUT2D eigenvalue weighted by Gasteiger charge is -2.05. The molecule has 0 spiro atoms. The van der Waals surface area contributed by atoms with Crippen LogP contribution in [0.1, 0.15) is 16.3 Å². The minimum absolute atomic E-state index is 0.0747. The van der Waals surface area contributed by atoms with Crippen molar-refractivity contribution >= 4 is 40.4 Å². The summed E-state index contributed by atoms with van der Waals surface area (Å²) in [6.07, 6.45) is 0.268. The van der Waals surface area contributed by atoms with Crippen LogP contribution in [0, 0.1) is 0 Å². The number of methoxy groups -OCH3 is 1. The number of amides is 1. The van der Waals surface area contributed by atoms with Crippen LogP contribution in [0.25, 0.3) is 0 Å². The first-order chi connectivity index (χ1) is 11.6. The summed E-state index contributed by atoms with van der Waals surface area (Å²) in [5, 5.41) is 9.82. The number of carbonyl (C=O) groups is 1. The Kier molecular flexibility index (Phi) is 7.94. The standard InChI is InChI=1S/C16H19Cl2N3O2S/c1-23-5-4-19-9-12-10-24-16(21-12)7-15(22)20-8-11-2-3-13(17)14(18)6-11/h2-3,6,10,19H,4-5,7-9H2,1H3,(H,20,22). The zero-order valence-corrected chi connectivity index (χ0v) is 15.6. The van der Waals surface area contributed by atoms with Crippen molar-refractivity contribution in [3.05, 3.63) is 49.9 Å². The van der Waals surface area contributed by atoms with Gasteiger partial charge in [-0.15, -0.1) is 11.3 Å². The van der Waals surface area contributed by atoms with Gasteiger partial charge in [-0.2, -0.15) is 0 Å². The summed E-state index contributed by atoms with van der Waals surface area (Å²) in [4.78, 5) is 16.5.